The van der Waals surface area contributed by atoms with Gasteiger partial charge in [0.25, 0.3) is 0 Å². The van der Waals surface area contributed by atoms with Crippen LogP contribution in [0, 0.1) is 5.41 Å². The molecule has 0 spiro atoms. The quantitative estimate of drug-likeness (QED) is 0.823. The maximum absolute atomic E-state index is 11.3. The molecule has 0 unspecified atom stereocenters. The first kappa shape index (κ1) is 14.0. The van der Waals surface area contributed by atoms with Crippen LogP contribution in [0.3, 0.4) is 0 Å². The molecule has 1 N–H and O–H groups in total. The van der Waals surface area contributed by atoms with Crippen LogP contribution in [-0.4, -0.2) is 24.1 Å². The maximum Gasteiger partial charge on any atom is 0.311 e. The van der Waals surface area contributed by atoms with Crippen LogP contribution in [0.15, 0.2) is 5.38 Å². The Hall–Kier alpha value is -1.10. The lowest BCUT2D eigenvalue weighted by Crippen LogP contribution is -2.18. The number of nitrogens with zero attached hydrogens (tertiary/aromatic N) is 1. The van der Waals surface area contributed by atoms with E-state index in [1.165, 1.54) is 11.3 Å². The minimum atomic E-state index is -0.222. The molecule has 1 heterocycles. The fourth-order valence-corrected chi connectivity index (χ4v) is 1.88. The Morgan fingerprint density at radius 1 is 1.53 bits per heavy atom. The molecular weight excluding hydrogens is 236 g/mol. The zero-order valence-corrected chi connectivity index (χ0v) is 11.7. The van der Waals surface area contributed by atoms with Crippen molar-refractivity contribution in [3.8, 4) is 0 Å². The van der Waals surface area contributed by atoms with Crippen LogP contribution in [0.2, 0.25) is 0 Å². The van der Waals surface area contributed by atoms with Crippen LogP contribution >= 0.6 is 11.3 Å². The number of hydrogen-bond donors (Lipinski definition) is 1. The first-order valence-corrected chi connectivity index (χ1v) is 6.62. The van der Waals surface area contributed by atoms with Crippen LogP contribution in [-0.2, 0) is 16.0 Å². The van der Waals surface area contributed by atoms with E-state index in [9.17, 15) is 4.79 Å². The van der Waals surface area contributed by atoms with E-state index in [0.29, 0.717) is 6.61 Å². The second-order valence-corrected chi connectivity index (χ2v) is 5.90. The van der Waals surface area contributed by atoms with Gasteiger partial charge >= 0.3 is 5.97 Å². The van der Waals surface area contributed by atoms with E-state index in [1.807, 2.05) is 5.38 Å². The topological polar surface area (TPSA) is 51.2 Å². The monoisotopic (exact) mass is 256 g/mol. The van der Waals surface area contributed by atoms with E-state index in [1.54, 1.807) is 6.92 Å². The highest BCUT2D eigenvalue weighted by molar-refractivity contribution is 7.13. The van der Waals surface area contributed by atoms with Gasteiger partial charge in [-0.1, -0.05) is 20.8 Å². The third-order valence-corrected chi connectivity index (χ3v) is 2.80. The third-order valence-electron chi connectivity index (χ3n) is 1.95. The summed E-state index contributed by atoms with van der Waals surface area (Å²) < 4.78 is 4.87. The summed E-state index contributed by atoms with van der Waals surface area (Å²) in [5.74, 6) is -0.222. The van der Waals surface area contributed by atoms with Crippen molar-refractivity contribution in [2.24, 2.45) is 5.41 Å². The van der Waals surface area contributed by atoms with Crippen LogP contribution in [0.25, 0.3) is 0 Å². The Balaban J connectivity index is 2.45. The Labute approximate surface area is 106 Å². The normalized spacial score (nSPS) is 11.3. The first-order valence-electron chi connectivity index (χ1n) is 5.74. The number of carbonyl (C=O) groups is 1. The van der Waals surface area contributed by atoms with Gasteiger partial charge in [-0.15, -0.1) is 11.3 Å². The van der Waals surface area contributed by atoms with Gasteiger partial charge in [-0.05, 0) is 12.3 Å². The molecule has 0 fully saturated rings. The molecule has 0 bridgehead atoms. The molecule has 1 aromatic heterocycles. The molecule has 0 aliphatic carbocycles. The number of esters is 1. The molecule has 0 saturated carbocycles. The average Bonchev–Trinajstić information content (AvgIpc) is 2.62. The maximum atomic E-state index is 11.3. The van der Waals surface area contributed by atoms with E-state index in [2.05, 4.69) is 31.1 Å². The molecule has 17 heavy (non-hydrogen) atoms. The molecule has 1 aromatic rings. The number of anilines is 1. The summed E-state index contributed by atoms with van der Waals surface area (Å²) in [4.78, 5) is 15.6. The zero-order chi connectivity index (χ0) is 12.9. The zero-order valence-electron chi connectivity index (χ0n) is 10.9. The molecule has 0 radical (unpaired) electrons. The van der Waals surface area contributed by atoms with E-state index in [-0.39, 0.29) is 17.8 Å². The molecule has 0 aromatic carbocycles. The Morgan fingerprint density at radius 3 is 2.82 bits per heavy atom. The molecule has 0 amide bonds. The lowest BCUT2D eigenvalue weighted by molar-refractivity contribution is -0.142. The van der Waals surface area contributed by atoms with E-state index < -0.39 is 0 Å². The van der Waals surface area contributed by atoms with Crippen LogP contribution in [0.5, 0.6) is 0 Å². The molecule has 0 aliphatic rings. The predicted molar refractivity (Wildman–Crippen MR) is 70.4 cm³/mol. The second kappa shape index (κ2) is 6.00. The lowest BCUT2D eigenvalue weighted by Gasteiger charge is -2.17. The van der Waals surface area contributed by atoms with Crippen molar-refractivity contribution in [3.63, 3.8) is 0 Å². The summed E-state index contributed by atoms with van der Waals surface area (Å²) in [5.41, 5.74) is 0.984. The van der Waals surface area contributed by atoms with Gasteiger partial charge in [0, 0.05) is 11.9 Å². The molecule has 0 saturated heterocycles. The number of nitrogens with one attached hydrogen (secondary N) is 1. The summed E-state index contributed by atoms with van der Waals surface area (Å²) in [6.45, 7) is 9.56. The van der Waals surface area contributed by atoms with Crippen molar-refractivity contribution < 1.29 is 9.53 Å². The summed E-state index contributed by atoms with van der Waals surface area (Å²) in [6.07, 6.45) is 0.252. The van der Waals surface area contributed by atoms with E-state index in [0.717, 1.165) is 17.4 Å². The number of ether oxygens (including phenoxy) is 1. The molecule has 5 heteroatoms. The Kier molecular flexibility index (Phi) is 4.93. The van der Waals surface area contributed by atoms with Gasteiger partial charge in [-0.25, -0.2) is 4.98 Å². The second-order valence-electron chi connectivity index (χ2n) is 5.04. The fourth-order valence-electron chi connectivity index (χ4n) is 1.17. The standard InChI is InChI=1S/C12H20N2O2S/c1-5-16-10(15)6-9-7-17-11(14-9)13-8-12(2,3)4/h7H,5-6,8H2,1-4H3,(H,13,14). The highest BCUT2D eigenvalue weighted by Gasteiger charge is 2.12. The minimum absolute atomic E-state index is 0.215. The van der Waals surface area contributed by atoms with Gasteiger partial charge < -0.3 is 10.1 Å². The molecule has 4 nitrogen and oxygen atoms in total. The van der Waals surface area contributed by atoms with Crippen LogP contribution in [0.1, 0.15) is 33.4 Å². The van der Waals surface area contributed by atoms with Crippen molar-refractivity contribution in [1.29, 1.82) is 0 Å². The SMILES string of the molecule is CCOC(=O)Cc1csc(NCC(C)(C)C)n1. The minimum Gasteiger partial charge on any atom is -0.466 e. The first-order chi connectivity index (χ1) is 7.90. The van der Waals surface area contributed by atoms with Gasteiger partial charge in [0.15, 0.2) is 5.13 Å². The molecule has 0 aliphatic heterocycles. The fraction of sp³-hybridized carbons (Fsp3) is 0.667. The summed E-state index contributed by atoms with van der Waals surface area (Å²) in [5, 5.41) is 6.02. The van der Waals surface area contributed by atoms with Gasteiger partial charge in [-0.3, -0.25) is 4.79 Å². The van der Waals surface area contributed by atoms with Gasteiger partial charge in [0.05, 0.1) is 18.7 Å². The molecular formula is C12H20N2O2S. The number of aromatic nitrogens is 1. The highest BCUT2D eigenvalue weighted by Crippen LogP contribution is 2.19. The number of carbonyl (C=O) groups excluding carboxylic acids is 1. The lowest BCUT2D eigenvalue weighted by atomic mass is 9.97. The smallest absolute Gasteiger partial charge is 0.311 e. The molecule has 0 atom stereocenters. The van der Waals surface area contributed by atoms with Crippen molar-refractivity contribution in [2.45, 2.75) is 34.1 Å². The highest BCUT2D eigenvalue weighted by atomic mass is 32.1. The van der Waals surface area contributed by atoms with E-state index in [4.69, 9.17) is 4.74 Å². The van der Waals surface area contributed by atoms with Gasteiger partial charge in [-0.2, -0.15) is 0 Å². The van der Waals surface area contributed by atoms with Crippen molar-refractivity contribution in [1.82, 2.24) is 4.98 Å². The predicted octanol–water partition coefficient (Wildman–Crippen LogP) is 2.71. The average molecular weight is 256 g/mol. The Bertz CT molecular complexity index is 369. The summed E-state index contributed by atoms with van der Waals surface area (Å²) in [6, 6.07) is 0. The van der Waals surface area contributed by atoms with Crippen molar-refractivity contribution in [3.05, 3.63) is 11.1 Å². The summed E-state index contributed by atoms with van der Waals surface area (Å²) >= 11 is 1.52. The van der Waals surface area contributed by atoms with Crippen molar-refractivity contribution >= 4 is 22.4 Å². The van der Waals surface area contributed by atoms with Crippen LogP contribution in [0.4, 0.5) is 5.13 Å². The van der Waals surface area contributed by atoms with E-state index >= 15 is 0 Å². The van der Waals surface area contributed by atoms with Crippen LogP contribution < -0.4 is 5.32 Å². The number of hydrogen-bond acceptors (Lipinski definition) is 5. The molecule has 96 valence electrons. The number of thiazole rings is 1. The summed E-state index contributed by atoms with van der Waals surface area (Å²) in [7, 11) is 0. The Morgan fingerprint density at radius 2 is 2.24 bits per heavy atom. The van der Waals surface area contributed by atoms with Crippen molar-refractivity contribution in [2.75, 3.05) is 18.5 Å². The number of rotatable bonds is 5. The molecule has 1 rings (SSSR count). The third kappa shape index (κ3) is 5.68. The van der Waals surface area contributed by atoms with Gasteiger partial charge in [0.2, 0.25) is 0 Å². The van der Waals surface area contributed by atoms with Gasteiger partial charge in [0.1, 0.15) is 0 Å². The largest absolute Gasteiger partial charge is 0.466 e.